The van der Waals surface area contributed by atoms with Gasteiger partial charge in [-0.2, -0.15) is 0 Å². The molecule has 2 heterocycles. The number of rotatable bonds is 4. The molecule has 3 nitrogen and oxygen atoms in total. The summed E-state index contributed by atoms with van der Waals surface area (Å²) < 4.78 is 12.1. The Morgan fingerprint density at radius 3 is 2.45 bits per heavy atom. The van der Waals surface area contributed by atoms with Gasteiger partial charge in [-0.25, -0.2) is 4.98 Å². The molecule has 3 heteroatoms. The molecule has 3 aromatic carbocycles. The third-order valence-corrected chi connectivity index (χ3v) is 5.28. The number of hydrogen-bond donors (Lipinski definition) is 0. The zero-order valence-electron chi connectivity index (χ0n) is 16.5. The van der Waals surface area contributed by atoms with Crippen molar-refractivity contribution in [3.63, 3.8) is 0 Å². The second kappa shape index (κ2) is 7.10. The molecule has 0 aliphatic rings. The minimum Gasteiger partial charge on any atom is -0.488 e. The summed E-state index contributed by atoms with van der Waals surface area (Å²) in [6.45, 7) is 4.61. The van der Waals surface area contributed by atoms with Crippen LogP contribution in [0.1, 0.15) is 16.9 Å². The molecule has 0 spiro atoms. The van der Waals surface area contributed by atoms with Gasteiger partial charge in [-0.3, -0.25) is 0 Å². The van der Waals surface area contributed by atoms with Crippen molar-refractivity contribution in [1.29, 1.82) is 0 Å². The molecule has 5 rings (SSSR count). The van der Waals surface area contributed by atoms with Gasteiger partial charge in [0, 0.05) is 16.3 Å². The molecule has 29 heavy (non-hydrogen) atoms. The van der Waals surface area contributed by atoms with Crippen LogP contribution in [0.25, 0.3) is 33.1 Å². The molecule has 0 amide bonds. The number of fused-ring (bicyclic) bond motifs is 2. The van der Waals surface area contributed by atoms with Crippen LogP contribution < -0.4 is 4.74 Å². The van der Waals surface area contributed by atoms with Crippen LogP contribution >= 0.6 is 0 Å². The van der Waals surface area contributed by atoms with Crippen LogP contribution in [0.15, 0.2) is 83.3 Å². The quantitative estimate of drug-likeness (QED) is 0.343. The van der Waals surface area contributed by atoms with E-state index >= 15 is 0 Å². The number of benzene rings is 3. The van der Waals surface area contributed by atoms with Gasteiger partial charge < -0.3 is 9.15 Å². The molecule has 0 atom stereocenters. The molecule has 0 unspecified atom stereocenters. The smallest absolute Gasteiger partial charge is 0.134 e. The molecule has 0 radical (unpaired) electrons. The van der Waals surface area contributed by atoms with Crippen LogP contribution in [0.3, 0.4) is 0 Å². The van der Waals surface area contributed by atoms with Crippen LogP contribution in [0.4, 0.5) is 0 Å². The number of furan rings is 1. The van der Waals surface area contributed by atoms with E-state index in [0.29, 0.717) is 6.61 Å². The topological polar surface area (TPSA) is 35.3 Å². The summed E-state index contributed by atoms with van der Waals surface area (Å²) in [6.07, 6.45) is 0. The molecule has 2 aromatic heterocycles. The van der Waals surface area contributed by atoms with E-state index in [1.807, 2.05) is 49.4 Å². The summed E-state index contributed by atoms with van der Waals surface area (Å²) in [7, 11) is 0. The largest absolute Gasteiger partial charge is 0.488 e. The standard InChI is InChI=1S/C26H21NO2/c1-17-12-15-23(28-16-19-8-4-3-5-9-19)21-13-14-22(27-26(17)21)25-18(2)29-24-11-7-6-10-20(24)25/h3-15H,16H2,1-2H3. The van der Waals surface area contributed by atoms with Crippen LogP contribution in [0, 0.1) is 13.8 Å². The van der Waals surface area contributed by atoms with Crippen molar-refractivity contribution >= 4 is 21.9 Å². The second-order valence-electron chi connectivity index (χ2n) is 7.28. The number of ether oxygens (including phenoxy) is 1. The van der Waals surface area contributed by atoms with Crippen molar-refractivity contribution in [2.45, 2.75) is 20.5 Å². The van der Waals surface area contributed by atoms with Crippen molar-refractivity contribution in [1.82, 2.24) is 4.98 Å². The van der Waals surface area contributed by atoms with Crippen molar-refractivity contribution in [2.75, 3.05) is 0 Å². The third-order valence-electron chi connectivity index (χ3n) is 5.28. The monoisotopic (exact) mass is 379 g/mol. The molecule has 142 valence electrons. The van der Waals surface area contributed by atoms with Crippen molar-refractivity contribution in [2.24, 2.45) is 0 Å². The highest BCUT2D eigenvalue weighted by atomic mass is 16.5. The molecule has 0 saturated carbocycles. The highest BCUT2D eigenvalue weighted by Crippen LogP contribution is 2.36. The summed E-state index contributed by atoms with van der Waals surface area (Å²) >= 11 is 0. The van der Waals surface area contributed by atoms with Crippen LogP contribution in [-0.2, 0) is 6.61 Å². The SMILES string of the molecule is Cc1oc2ccccc2c1-c1ccc2c(OCc3ccccc3)ccc(C)c2n1. The molecule has 0 saturated heterocycles. The van der Waals surface area contributed by atoms with Crippen LogP contribution in [0.2, 0.25) is 0 Å². The van der Waals surface area contributed by atoms with Gasteiger partial charge in [0.1, 0.15) is 23.7 Å². The number of aromatic nitrogens is 1. The summed E-state index contributed by atoms with van der Waals surface area (Å²) in [5, 5.41) is 2.11. The van der Waals surface area contributed by atoms with Gasteiger partial charge in [-0.15, -0.1) is 0 Å². The summed E-state index contributed by atoms with van der Waals surface area (Å²) in [4.78, 5) is 5.00. The van der Waals surface area contributed by atoms with E-state index in [0.717, 1.165) is 55.8 Å². The molecule has 0 N–H and O–H groups in total. The normalized spacial score (nSPS) is 11.2. The first-order valence-corrected chi connectivity index (χ1v) is 9.76. The third kappa shape index (κ3) is 3.15. The average Bonchev–Trinajstić information content (AvgIpc) is 3.09. The minimum atomic E-state index is 0.534. The Bertz CT molecular complexity index is 1320. The molecule has 0 bridgehead atoms. The number of pyridine rings is 1. The predicted octanol–water partition coefficient (Wildman–Crippen LogP) is 6.84. The second-order valence-corrected chi connectivity index (χ2v) is 7.28. The van der Waals surface area contributed by atoms with E-state index in [4.69, 9.17) is 14.1 Å². The highest BCUT2D eigenvalue weighted by Gasteiger charge is 2.15. The maximum atomic E-state index is 6.13. The summed E-state index contributed by atoms with van der Waals surface area (Å²) in [5.74, 6) is 1.73. The molecule has 5 aromatic rings. The zero-order chi connectivity index (χ0) is 19.8. The van der Waals surface area contributed by atoms with Gasteiger partial charge in [-0.1, -0.05) is 54.6 Å². The molecule has 0 fully saturated rings. The first-order chi connectivity index (χ1) is 14.2. The minimum absolute atomic E-state index is 0.534. The fraction of sp³-hybridized carbons (Fsp3) is 0.115. The Kier molecular flexibility index (Phi) is 4.28. The van der Waals surface area contributed by atoms with Gasteiger partial charge in [0.25, 0.3) is 0 Å². The predicted molar refractivity (Wildman–Crippen MR) is 117 cm³/mol. The van der Waals surface area contributed by atoms with Crippen molar-refractivity contribution < 1.29 is 9.15 Å². The van der Waals surface area contributed by atoms with E-state index in [-0.39, 0.29) is 0 Å². The molecular weight excluding hydrogens is 358 g/mol. The Morgan fingerprint density at radius 1 is 0.793 bits per heavy atom. The molecule has 0 aliphatic heterocycles. The number of para-hydroxylation sites is 1. The van der Waals surface area contributed by atoms with Crippen LogP contribution in [-0.4, -0.2) is 4.98 Å². The fourth-order valence-corrected chi connectivity index (χ4v) is 3.81. The van der Waals surface area contributed by atoms with Gasteiger partial charge >= 0.3 is 0 Å². The van der Waals surface area contributed by atoms with E-state index in [2.05, 4.69) is 43.3 Å². The lowest BCUT2D eigenvalue weighted by Gasteiger charge is -2.12. The first-order valence-electron chi connectivity index (χ1n) is 9.76. The fourth-order valence-electron chi connectivity index (χ4n) is 3.81. The number of hydrogen-bond acceptors (Lipinski definition) is 3. The van der Waals surface area contributed by atoms with E-state index in [9.17, 15) is 0 Å². The Labute approximate surface area is 169 Å². The van der Waals surface area contributed by atoms with E-state index < -0.39 is 0 Å². The van der Waals surface area contributed by atoms with E-state index in [1.54, 1.807) is 0 Å². The lowest BCUT2D eigenvalue weighted by atomic mass is 10.0. The Balaban J connectivity index is 1.58. The molecular formula is C26H21NO2. The summed E-state index contributed by atoms with van der Waals surface area (Å²) in [6, 6.07) is 26.6. The lowest BCUT2D eigenvalue weighted by Crippen LogP contribution is -1.97. The van der Waals surface area contributed by atoms with E-state index in [1.165, 1.54) is 0 Å². The van der Waals surface area contributed by atoms with Crippen molar-refractivity contribution in [3.8, 4) is 17.0 Å². The number of nitrogens with zero attached hydrogens (tertiary/aromatic N) is 1. The average molecular weight is 379 g/mol. The molecule has 0 aliphatic carbocycles. The maximum Gasteiger partial charge on any atom is 0.134 e. The highest BCUT2D eigenvalue weighted by molar-refractivity contribution is 5.97. The van der Waals surface area contributed by atoms with Crippen LogP contribution in [0.5, 0.6) is 5.75 Å². The van der Waals surface area contributed by atoms with Gasteiger partial charge in [0.2, 0.25) is 0 Å². The van der Waals surface area contributed by atoms with Gasteiger partial charge in [0.05, 0.1) is 11.2 Å². The maximum absolute atomic E-state index is 6.13. The Hall–Kier alpha value is -3.59. The number of aryl methyl sites for hydroxylation is 2. The summed E-state index contributed by atoms with van der Waals surface area (Å²) in [5.41, 5.74) is 6.09. The lowest BCUT2D eigenvalue weighted by molar-refractivity contribution is 0.310. The van der Waals surface area contributed by atoms with Crippen molar-refractivity contribution in [3.05, 3.63) is 95.7 Å². The van der Waals surface area contributed by atoms with Gasteiger partial charge in [0.15, 0.2) is 0 Å². The zero-order valence-corrected chi connectivity index (χ0v) is 16.5. The first kappa shape index (κ1) is 17.5. The van der Waals surface area contributed by atoms with Gasteiger partial charge in [-0.05, 0) is 49.2 Å². The Morgan fingerprint density at radius 2 is 1.59 bits per heavy atom.